The van der Waals surface area contributed by atoms with Crippen LogP contribution in [0.15, 0.2) is 0 Å². The highest BCUT2D eigenvalue weighted by atomic mass is 19.4. The summed E-state index contributed by atoms with van der Waals surface area (Å²) in [5.41, 5.74) is -1.01. The van der Waals surface area contributed by atoms with Crippen molar-refractivity contribution in [3.05, 3.63) is 11.4 Å². The van der Waals surface area contributed by atoms with Crippen LogP contribution < -0.4 is 0 Å². The Balaban J connectivity index is 3.13. The summed E-state index contributed by atoms with van der Waals surface area (Å²) in [6.45, 7) is 1.27. The van der Waals surface area contributed by atoms with E-state index in [1.807, 2.05) is 0 Å². The molecule has 1 rings (SSSR count). The molecule has 0 atom stereocenters. The summed E-state index contributed by atoms with van der Waals surface area (Å²) < 4.78 is 35.8. The van der Waals surface area contributed by atoms with Crippen LogP contribution in [0.2, 0.25) is 0 Å². The largest absolute Gasteiger partial charge is 0.437 e. The topological polar surface area (TPSA) is 30.7 Å². The predicted octanol–water partition coefficient (Wildman–Crippen LogP) is 1.14. The summed E-state index contributed by atoms with van der Waals surface area (Å²) in [4.78, 5) is 0.901. The molecular formula is C5H6F3N3. The third-order valence-corrected chi connectivity index (χ3v) is 1.15. The lowest BCUT2D eigenvalue weighted by atomic mass is 10.3. The zero-order valence-corrected chi connectivity index (χ0v) is 5.98. The Kier molecular flexibility index (Phi) is 1.62. The van der Waals surface area contributed by atoms with Crippen LogP contribution in [0.3, 0.4) is 0 Å². The first-order valence-electron chi connectivity index (χ1n) is 2.86. The second-order valence-corrected chi connectivity index (χ2v) is 2.12. The fourth-order valence-corrected chi connectivity index (χ4v) is 0.766. The molecule has 0 radical (unpaired) electrons. The minimum atomic E-state index is -4.39. The zero-order chi connectivity index (χ0) is 8.65. The van der Waals surface area contributed by atoms with E-state index >= 15 is 0 Å². The van der Waals surface area contributed by atoms with Crippen LogP contribution in [0.5, 0.6) is 0 Å². The van der Waals surface area contributed by atoms with E-state index in [1.54, 1.807) is 0 Å². The molecule has 0 fully saturated rings. The van der Waals surface area contributed by atoms with Crippen LogP contribution in [-0.2, 0) is 13.2 Å². The van der Waals surface area contributed by atoms with Crippen molar-refractivity contribution in [3.63, 3.8) is 0 Å². The van der Waals surface area contributed by atoms with Gasteiger partial charge >= 0.3 is 6.18 Å². The quantitative estimate of drug-likeness (QED) is 0.577. The molecule has 0 aliphatic rings. The summed E-state index contributed by atoms with van der Waals surface area (Å²) in [5, 5.41) is 6.63. The van der Waals surface area contributed by atoms with Gasteiger partial charge in [0.1, 0.15) is 0 Å². The number of rotatable bonds is 0. The molecule has 11 heavy (non-hydrogen) atoms. The molecule has 0 saturated heterocycles. The first-order chi connectivity index (χ1) is 4.91. The maximum absolute atomic E-state index is 11.9. The highest BCUT2D eigenvalue weighted by molar-refractivity contribution is 5.09. The van der Waals surface area contributed by atoms with Gasteiger partial charge < -0.3 is 0 Å². The molecule has 0 unspecified atom stereocenters. The summed E-state index contributed by atoms with van der Waals surface area (Å²) in [7, 11) is 1.35. The van der Waals surface area contributed by atoms with Gasteiger partial charge in [0.15, 0.2) is 5.69 Å². The van der Waals surface area contributed by atoms with Crippen molar-refractivity contribution in [2.75, 3.05) is 0 Å². The van der Waals surface area contributed by atoms with E-state index in [4.69, 9.17) is 0 Å². The van der Waals surface area contributed by atoms with Crippen LogP contribution in [0, 0.1) is 6.92 Å². The van der Waals surface area contributed by atoms with E-state index < -0.39 is 11.9 Å². The molecule has 0 aliphatic heterocycles. The second-order valence-electron chi connectivity index (χ2n) is 2.12. The van der Waals surface area contributed by atoms with E-state index in [9.17, 15) is 13.2 Å². The lowest BCUT2D eigenvalue weighted by molar-refractivity contribution is -0.141. The minimum absolute atomic E-state index is 0.0972. The van der Waals surface area contributed by atoms with Gasteiger partial charge in [-0.15, -0.1) is 5.10 Å². The Morgan fingerprint density at radius 3 is 2.00 bits per heavy atom. The van der Waals surface area contributed by atoms with E-state index in [0.29, 0.717) is 0 Å². The van der Waals surface area contributed by atoms with Crippen molar-refractivity contribution < 1.29 is 13.2 Å². The van der Waals surface area contributed by atoms with Gasteiger partial charge in [0, 0.05) is 7.05 Å². The molecule has 0 amide bonds. The molecule has 0 spiro atoms. The number of nitrogens with zero attached hydrogens (tertiary/aromatic N) is 3. The third kappa shape index (κ3) is 1.50. The lowest BCUT2D eigenvalue weighted by Gasteiger charge is -2.00. The maximum atomic E-state index is 11.9. The standard InChI is InChI=1S/C5H6F3N3/c1-3-4(5(6,7)8)10-11(2)9-3/h1-2H3. The molecule has 0 bridgehead atoms. The number of aromatic nitrogens is 3. The summed E-state index contributed by atoms with van der Waals surface area (Å²) >= 11 is 0. The number of aryl methyl sites for hydroxylation is 2. The molecule has 3 nitrogen and oxygen atoms in total. The lowest BCUT2D eigenvalue weighted by Crippen LogP contribution is -2.08. The van der Waals surface area contributed by atoms with Gasteiger partial charge in [-0.25, -0.2) is 0 Å². The molecule has 1 aromatic heterocycles. The first kappa shape index (κ1) is 8.03. The number of halogens is 3. The fraction of sp³-hybridized carbons (Fsp3) is 0.600. The molecule has 1 aromatic rings. The summed E-state index contributed by atoms with van der Waals surface area (Å²) in [5.74, 6) is 0. The van der Waals surface area contributed by atoms with Crippen LogP contribution in [0.25, 0.3) is 0 Å². The summed E-state index contributed by atoms with van der Waals surface area (Å²) in [6.07, 6.45) is -4.39. The Morgan fingerprint density at radius 1 is 1.27 bits per heavy atom. The van der Waals surface area contributed by atoms with Crippen LogP contribution in [0.4, 0.5) is 13.2 Å². The normalized spacial score (nSPS) is 12.1. The Labute approximate surface area is 60.8 Å². The highest BCUT2D eigenvalue weighted by Crippen LogP contribution is 2.28. The van der Waals surface area contributed by atoms with E-state index in [-0.39, 0.29) is 5.69 Å². The number of hydrogen-bond acceptors (Lipinski definition) is 2. The van der Waals surface area contributed by atoms with Gasteiger partial charge in [0.2, 0.25) is 0 Å². The average Bonchev–Trinajstić information content (AvgIpc) is 2.08. The van der Waals surface area contributed by atoms with E-state index in [0.717, 1.165) is 4.80 Å². The van der Waals surface area contributed by atoms with Crippen molar-refractivity contribution >= 4 is 0 Å². The van der Waals surface area contributed by atoms with Crippen molar-refractivity contribution in [2.24, 2.45) is 7.05 Å². The molecule has 0 saturated carbocycles. The van der Waals surface area contributed by atoms with Gasteiger partial charge in [-0.2, -0.15) is 23.1 Å². The predicted molar refractivity (Wildman–Crippen MR) is 30.7 cm³/mol. The molecule has 0 N–H and O–H groups in total. The van der Waals surface area contributed by atoms with E-state index in [1.165, 1.54) is 14.0 Å². The van der Waals surface area contributed by atoms with Crippen LogP contribution >= 0.6 is 0 Å². The van der Waals surface area contributed by atoms with Crippen LogP contribution in [0.1, 0.15) is 11.4 Å². The summed E-state index contributed by atoms with van der Waals surface area (Å²) in [6, 6.07) is 0. The van der Waals surface area contributed by atoms with Gasteiger partial charge in [-0.1, -0.05) is 0 Å². The molecular weight excluding hydrogens is 159 g/mol. The van der Waals surface area contributed by atoms with Crippen molar-refractivity contribution in [1.82, 2.24) is 15.0 Å². The second kappa shape index (κ2) is 2.21. The van der Waals surface area contributed by atoms with Gasteiger partial charge in [0.05, 0.1) is 5.69 Å². The zero-order valence-electron chi connectivity index (χ0n) is 5.98. The first-order valence-corrected chi connectivity index (χ1v) is 2.86. The average molecular weight is 165 g/mol. The van der Waals surface area contributed by atoms with Gasteiger partial charge in [-0.3, -0.25) is 0 Å². The van der Waals surface area contributed by atoms with Crippen molar-refractivity contribution in [3.8, 4) is 0 Å². The monoisotopic (exact) mass is 165 g/mol. The van der Waals surface area contributed by atoms with Crippen LogP contribution in [-0.4, -0.2) is 15.0 Å². The molecule has 1 heterocycles. The maximum Gasteiger partial charge on any atom is 0.437 e. The number of alkyl halides is 3. The Morgan fingerprint density at radius 2 is 1.82 bits per heavy atom. The molecule has 6 heteroatoms. The minimum Gasteiger partial charge on any atom is -0.187 e. The molecule has 0 aromatic carbocycles. The Hall–Kier alpha value is -1.07. The fourth-order valence-electron chi connectivity index (χ4n) is 0.766. The highest BCUT2D eigenvalue weighted by Gasteiger charge is 2.36. The van der Waals surface area contributed by atoms with Crippen molar-refractivity contribution in [1.29, 1.82) is 0 Å². The Bertz CT molecular complexity index is 262. The van der Waals surface area contributed by atoms with Crippen molar-refractivity contribution in [2.45, 2.75) is 13.1 Å². The third-order valence-electron chi connectivity index (χ3n) is 1.15. The van der Waals surface area contributed by atoms with Gasteiger partial charge in [-0.05, 0) is 6.92 Å². The van der Waals surface area contributed by atoms with E-state index in [2.05, 4.69) is 10.2 Å². The van der Waals surface area contributed by atoms with Gasteiger partial charge in [0.25, 0.3) is 0 Å². The SMILES string of the molecule is Cc1nn(C)nc1C(F)(F)F. The number of hydrogen-bond donors (Lipinski definition) is 0. The molecule has 62 valence electrons. The smallest absolute Gasteiger partial charge is 0.187 e. The molecule has 0 aliphatic carbocycles.